The molecule has 4 N–H and O–H groups in total. The van der Waals surface area contributed by atoms with Crippen molar-refractivity contribution < 1.29 is 39.4 Å². The number of rotatable bonds is 3. The lowest BCUT2D eigenvalue weighted by Crippen LogP contribution is -2.60. The standard InChI is InChI=1S/C33H54O8/c1-17-7-12-33(38-16-17)18(2)26-24(41-33)14-23-21-6-5-19-13-20(8-10-31(19,3)22(21)9-11-32(23,26)4)39-29-25(15-34)40-30(37)28(36)27(29)35/h17-30,34-37H,5-16H2,1-4H3/t17-,18-,19-,20-,21+,22-,23-,24-,25+,26-,27+,28+,29-,30+,31-,32-,33+/m0/s1. The predicted molar refractivity (Wildman–Crippen MR) is 150 cm³/mol. The van der Waals surface area contributed by atoms with Gasteiger partial charge in [0.25, 0.3) is 0 Å². The molecule has 3 aliphatic heterocycles. The highest BCUT2D eigenvalue weighted by Gasteiger charge is 2.69. The van der Waals surface area contributed by atoms with Crippen molar-refractivity contribution in [3.63, 3.8) is 0 Å². The maximum absolute atomic E-state index is 10.6. The second-order valence-corrected chi connectivity index (χ2v) is 15.9. The minimum Gasteiger partial charge on any atom is -0.394 e. The Labute approximate surface area is 245 Å². The average molecular weight is 579 g/mol. The molecule has 4 aliphatic carbocycles. The number of fused-ring (bicyclic) bond motifs is 7. The number of hydrogen-bond donors (Lipinski definition) is 4. The minimum absolute atomic E-state index is 0.0484. The fourth-order valence-electron chi connectivity index (χ4n) is 11.8. The van der Waals surface area contributed by atoms with Crippen molar-refractivity contribution in [3.05, 3.63) is 0 Å². The Balaban J connectivity index is 1.03. The van der Waals surface area contributed by atoms with Crippen LogP contribution < -0.4 is 0 Å². The molecular weight excluding hydrogens is 524 g/mol. The Bertz CT molecular complexity index is 967. The van der Waals surface area contributed by atoms with Crippen LogP contribution in [0.15, 0.2) is 0 Å². The van der Waals surface area contributed by atoms with Gasteiger partial charge in [0.2, 0.25) is 0 Å². The van der Waals surface area contributed by atoms with E-state index in [1.54, 1.807) is 0 Å². The molecule has 234 valence electrons. The lowest BCUT2D eigenvalue weighted by Gasteiger charge is -2.61. The van der Waals surface area contributed by atoms with Crippen LogP contribution in [0.5, 0.6) is 0 Å². The van der Waals surface area contributed by atoms with E-state index in [1.807, 2.05) is 0 Å². The van der Waals surface area contributed by atoms with E-state index < -0.39 is 30.7 Å². The van der Waals surface area contributed by atoms with E-state index in [0.29, 0.717) is 35.2 Å². The Kier molecular flexibility index (Phi) is 7.43. The average Bonchev–Trinajstić information content (AvgIpc) is 3.40. The van der Waals surface area contributed by atoms with E-state index >= 15 is 0 Å². The quantitative estimate of drug-likeness (QED) is 0.401. The molecule has 0 aromatic rings. The Morgan fingerprint density at radius 3 is 2.37 bits per heavy atom. The summed E-state index contributed by atoms with van der Waals surface area (Å²) in [7, 11) is 0. The first-order chi connectivity index (χ1) is 19.5. The minimum atomic E-state index is -1.52. The molecule has 8 nitrogen and oxygen atoms in total. The van der Waals surface area contributed by atoms with Gasteiger partial charge < -0.3 is 39.4 Å². The third-order valence-corrected chi connectivity index (χ3v) is 14.1. The number of aliphatic hydroxyl groups excluding tert-OH is 4. The maximum atomic E-state index is 10.6. The molecule has 8 heteroatoms. The molecule has 3 heterocycles. The van der Waals surface area contributed by atoms with Gasteiger partial charge in [-0.05, 0) is 104 Å². The molecule has 3 saturated heterocycles. The topological polar surface area (TPSA) is 118 Å². The smallest absolute Gasteiger partial charge is 0.184 e. The van der Waals surface area contributed by atoms with Gasteiger partial charge in [0, 0.05) is 12.3 Å². The molecule has 0 aromatic carbocycles. The third-order valence-electron chi connectivity index (χ3n) is 14.1. The van der Waals surface area contributed by atoms with Crippen molar-refractivity contribution >= 4 is 0 Å². The van der Waals surface area contributed by atoms with E-state index in [0.717, 1.165) is 50.0 Å². The Morgan fingerprint density at radius 2 is 1.63 bits per heavy atom. The van der Waals surface area contributed by atoms with Crippen molar-refractivity contribution in [2.45, 2.75) is 141 Å². The van der Waals surface area contributed by atoms with Gasteiger partial charge in [-0.2, -0.15) is 0 Å². The lowest BCUT2D eigenvalue weighted by atomic mass is 9.44. The van der Waals surface area contributed by atoms with Crippen molar-refractivity contribution in [1.29, 1.82) is 0 Å². The van der Waals surface area contributed by atoms with Gasteiger partial charge in [-0.1, -0.05) is 27.7 Å². The summed E-state index contributed by atoms with van der Waals surface area (Å²) >= 11 is 0. The Hall–Kier alpha value is -0.320. The van der Waals surface area contributed by atoms with Gasteiger partial charge in [-0.25, -0.2) is 0 Å². The van der Waals surface area contributed by atoms with E-state index in [2.05, 4.69) is 27.7 Å². The molecule has 7 rings (SSSR count). The zero-order valence-corrected chi connectivity index (χ0v) is 25.5. The van der Waals surface area contributed by atoms with Crippen LogP contribution in [0.3, 0.4) is 0 Å². The summed E-state index contributed by atoms with van der Waals surface area (Å²) in [6.45, 7) is 10.3. The molecule has 0 amide bonds. The monoisotopic (exact) mass is 578 g/mol. The van der Waals surface area contributed by atoms with E-state index in [9.17, 15) is 20.4 Å². The van der Waals surface area contributed by atoms with Crippen LogP contribution >= 0.6 is 0 Å². The fraction of sp³-hybridized carbons (Fsp3) is 1.00. The summed E-state index contributed by atoms with van der Waals surface area (Å²) in [5.41, 5.74) is 0.610. The maximum Gasteiger partial charge on any atom is 0.184 e. The largest absolute Gasteiger partial charge is 0.394 e. The molecule has 7 fully saturated rings. The first kappa shape index (κ1) is 29.4. The molecule has 7 aliphatic rings. The van der Waals surface area contributed by atoms with Crippen LogP contribution in [0, 0.1) is 52.3 Å². The third kappa shape index (κ3) is 4.36. The van der Waals surface area contributed by atoms with Crippen molar-refractivity contribution in [3.8, 4) is 0 Å². The predicted octanol–water partition coefficient (Wildman–Crippen LogP) is 3.62. The molecule has 4 saturated carbocycles. The van der Waals surface area contributed by atoms with Crippen LogP contribution in [0.1, 0.15) is 91.9 Å². The first-order valence-electron chi connectivity index (χ1n) is 16.8. The molecule has 1 spiro atoms. The summed E-state index contributed by atoms with van der Waals surface area (Å²) in [5.74, 6) is 4.08. The summed E-state index contributed by atoms with van der Waals surface area (Å²) in [4.78, 5) is 0. The first-order valence-corrected chi connectivity index (χ1v) is 16.8. The van der Waals surface area contributed by atoms with Crippen molar-refractivity contribution in [1.82, 2.24) is 0 Å². The van der Waals surface area contributed by atoms with E-state index in [1.165, 1.54) is 38.5 Å². The summed E-state index contributed by atoms with van der Waals surface area (Å²) in [6.07, 6.45) is 5.77. The molecular formula is C33H54O8. The van der Waals surface area contributed by atoms with Crippen molar-refractivity contribution in [2.75, 3.05) is 13.2 Å². The molecule has 0 bridgehead atoms. The number of ether oxygens (including phenoxy) is 4. The van der Waals surface area contributed by atoms with E-state index in [4.69, 9.17) is 18.9 Å². The van der Waals surface area contributed by atoms with Crippen LogP contribution in [0.2, 0.25) is 0 Å². The van der Waals surface area contributed by atoms with Crippen molar-refractivity contribution in [2.24, 2.45) is 52.3 Å². The fourth-order valence-corrected chi connectivity index (χ4v) is 11.8. The lowest BCUT2D eigenvalue weighted by molar-refractivity contribution is -0.303. The second-order valence-electron chi connectivity index (χ2n) is 15.9. The van der Waals surface area contributed by atoms with Gasteiger partial charge in [0.15, 0.2) is 12.1 Å². The van der Waals surface area contributed by atoms with Gasteiger partial charge in [0.05, 0.1) is 25.4 Å². The normalized spacial score (nSPS) is 60.3. The zero-order chi connectivity index (χ0) is 28.9. The Morgan fingerprint density at radius 1 is 0.854 bits per heavy atom. The van der Waals surface area contributed by atoms with Crippen LogP contribution in [-0.2, 0) is 18.9 Å². The molecule has 17 atom stereocenters. The van der Waals surface area contributed by atoms with Gasteiger partial charge in [-0.15, -0.1) is 0 Å². The highest BCUT2D eigenvalue weighted by Crippen LogP contribution is 2.71. The van der Waals surface area contributed by atoms with E-state index in [-0.39, 0.29) is 23.9 Å². The highest BCUT2D eigenvalue weighted by atomic mass is 16.7. The number of hydrogen-bond acceptors (Lipinski definition) is 8. The van der Waals surface area contributed by atoms with Crippen LogP contribution in [0.25, 0.3) is 0 Å². The number of aliphatic hydroxyl groups is 4. The van der Waals surface area contributed by atoms with Crippen LogP contribution in [-0.4, -0.2) is 82.3 Å². The molecule has 41 heavy (non-hydrogen) atoms. The summed E-state index contributed by atoms with van der Waals surface area (Å²) in [5, 5.41) is 40.5. The van der Waals surface area contributed by atoms with Gasteiger partial charge in [0.1, 0.15) is 24.4 Å². The zero-order valence-electron chi connectivity index (χ0n) is 25.5. The van der Waals surface area contributed by atoms with Gasteiger partial charge >= 0.3 is 0 Å². The molecule has 0 unspecified atom stereocenters. The SMILES string of the molecule is C[C@H]1CC[C@@]2(OC1)O[C@H]1C[C@H]3[C@@H]4CC[C@H]5C[C@@H](O[C@@H]6[C@H](O)[C@@H](O)[C@H](O)O[C@@H]6CO)CC[C@]5(C)[C@H]4CC[C@]3(C)[C@H]1[C@@H]2C. The molecule has 0 radical (unpaired) electrons. The van der Waals surface area contributed by atoms with Crippen LogP contribution in [0.4, 0.5) is 0 Å². The highest BCUT2D eigenvalue weighted by molar-refractivity contribution is 5.15. The summed E-state index contributed by atoms with van der Waals surface area (Å²) in [6, 6.07) is 0. The van der Waals surface area contributed by atoms with Gasteiger partial charge in [-0.3, -0.25) is 0 Å². The molecule has 0 aromatic heterocycles. The second kappa shape index (κ2) is 10.4. The summed E-state index contributed by atoms with van der Waals surface area (Å²) < 4.78 is 25.2.